The van der Waals surface area contributed by atoms with Crippen LogP contribution >= 0.6 is 22.9 Å². The van der Waals surface area contributed by atoms with Crippen molar-refractivity contribution in [2.24, 2.45) is 5.92 Å². The van der Waals surface area contributed by atoms with Crippen molar-refractivity contribution in [3.05, 3.63) is 34.5 Å². The predicted molar refractivity (Wildman–Crippen MR) is 133 cm³/mol. The lowest BCUT2D eigenvalue weighted by molar-refractivity contribution is -0.139. The molecule has 4 heterocycles. The molecule has 2 aromatic heterocycles. The molecule has 1 aliphatic carbocycles. The van der Waals surface area contributed by atoms with Crippen molar-refractivity contribution in [2.45, 2.75) is 69.5 Å². The summed E-state index contributed by atoms with van der Waals surface area (Å²) in [6.07, 6.45) is 4.43. The lowest BCUT2D eigenvalue weighted by Crippen LogP contribution is -2.55. The lowest BCUT2D eigenvalue weighted by atomic mass is 9.83. The van der Waals surface area contributed by atoms with Gasteiger partial charge < -0.3 is 15.0 Å². The van der Waals surface area contributed by atoms with Gasteiger partial charge in [-0.3, -0.25) is 14.4 Å². The van der Waals surface area contributed by atoms with Crippen molar-refractivity contribution in [2.75, 3.05) is 13.2 Å². The molecule has 4 atom stereocenters. The van der Waals surface area contributed by atoms with E-state index in [-0.39, 0.29) is 36.7 Å². The zero-order valence-corrected chi connectivity index (χ0v) is 21.4. The molecule has 2 saturated heterocycles. The molecule has 0 aromatic carbocycles. The first-order chi connectivity index (χ1) is 16.8. The summed E-state index contributed by atoms with van der Waals surface area (Å²) in [4.78, 5) is 42.6. The van der Waals surface area contributed by atoms with Crippen LogP contribution < -0.4 is 5.32 Å². The smallest absolute Gasteiger partial charge is 0.262 e. The maximum atomic E-state index is 13.8. The van der Waals surface area contributed by atoms with Gasteiger partial charge in [0.15, 0.2) is 5.78 Å². The normalized spacial score (nSPS) is 25.5. The Kier molecular flexibility index (Phi) is 6.92. The first kappa shape index (κ1) is 24.3. The van der Waals surface area contributed by atoms with E-state index in [0.29, 0.717) is 4.88 Å². The number of Topliss-reactive ketones (excluding diaryl/α,β-unsaturated/α-hetero) is 1. The summed E-state index contributed by atoms with van der Waals surface area (Å²) in [5, 5.41) is 10.9. The number of alkyl halides is 1. The van der Waals surface area contributed by atoms with Crippen molar-refractivity contribution in [3.8, 4) is 10.4 Å². The number of carbonyl (C=O) groups is 3. The molecule has 1 unspecified atom stereocenters. The van der Waals surface area contributed by atoms with E-state index in [1.807, 2.05) is 26.0 Å². The van der Waals surface area contributed by atoms with Crippen LogP contribution in [0.1, 0.15) is 53.2 Å². The highest BCUT2D eigenvalue weighted by Gasteiger charge is 2.53. The number of nitrogens with zero attached hydrogens (tertiary/aromatic N) is 3. The molecule has 2 aromatic rings. The molecule has 8 nitrogen and oxygen atoms in total. The van der Waals surface area contributed by atoms with E-state index < -0.39 is 23.6 Å². The van der Waals surface area contributed by atoms with Gasteiger partial charge in [-0.2, -0.15) is 10.2 Å². The Bertz CT molecular complexity index is 1150. The van der Waals surface area contributed by atoms with Crippen LogP contribution in [0.4, 0.5) is 0 Å². The number of halogens is 1. The molecule has 1 N–H and O–H groups in total. The van der Waals surface area contributed by atoms with E-state index in [1.54, 1.807) is 11.0 Å². The molecule has 1 saturated carbocycles. The molecule has 0 radical (unpaired) electrons. The number of hydrogen-bond donors (Lipinski definition) is 1. The first-order valence-corrected chi connectivity index (χ1v) is 13.4. The highest BCUT2D eigenvalue weighted by Crippen LogP contribution is 2.35. The molecule has 10 heteroatoms. The second-order valence-corrected chi connectivity index (χ2v) is 11.3. The third kappa shape index (κ3) is 4.73. The number of ketones is 1. The Morgan fingerprint density at radius 1 is 1.20 bits per heavy atom. The van der Waals surface area contributed by atoms with Crippen LogP contribution in [0.25, 0.3) is 10.4 Å². The molecule has 0 spiro atoms. The fourth-order valence-electron chi connectivity index (χ4n) is 5.47. The van der Waals surface area contributed by atoms with Crippen LogP contribution in [0.5, 0.6) is 0 Å². The molecule has 35 heavy (non-hydrogen) atoms. The van der Waals surface area contributed by atoms with Crippen LogP contribution in [-0.2, 0) is 14.3 Å². The predicted octanol–water partition coefficient (Wildman–Crippen LogP) is 3.29. The molecule has 2 amide bonds. The number of aromatic nitrogens is 2. The van der Waals surface area contributed by atoms with Gasteiger partial charge in [0.2, 0.25) is 5.91 Å². The van der Waals surface area contributed by atoms with Crippen molar-refractivity contribution in [3.63, 3.8) is 0 Å². The average Bonchev–Trinajstić information content (AvgIpc) is 3.57. The van der Waals surface area contributed by atoms with E-state index in [2.05, 4.69) is 15.5 Å². The summed E-state index contributed by atoms with van der Waals surface area (Å²) >= 11 is 7.79. The second kappa shape index (κ2) is 9.95. The highest BCUT2D eigenvalue weighted by molar-refractivity contribution is 7.17. The minimum Gasteiger partial charge on any atom is -0.366 e. The van der Waals surface area contributed by atoms with Gasteiger partial charge in [-0.15, -0.1) is 22.9 Å². The Morgan fingerprint density at radius 2 is 1.97 bits per heavy atom. The number of carbonyl (C=O) groups excluding carboxylic acids is 3. The largest absolute Gasteiger partial charge is 0.366 e. The van der Waals surface area contributed by atoms with E-state index >= 15 is 0 Å². The standard InChI is InChI=1S/C25H29ClN4O4S/c1-13-10-16(14(2)29-28-13)19-8-9-20(35-19)24(32)27-21(15-6-4-3-5-7-15)25(33)30-11-17(26)23-22(30)18(31)12-34-23/h8-10,15,17,21-23H,3-7,11-12H2,1-2H3,(H,27,32)/t17-,21?,22+,23+/m0/s1. The van der Waals surface area contributed by atoms with Crippen LogP contribution in [0.15, 0.2) is 18.2 Å². The lowest BCUT2D eigenvalue weighted by Gasteiger charge is -2.34. The molecule has 0 bridgehead atoms. The highest BCUT2D eigenvalue weighted by atomic mass is 35.5. The molecule has 3 fully saturated rings. The van der Waals surface area contributed by atoms with Crippen LogP contribution in [0.2, 0.25) is 0 Å². The maximum absolute atomic E-state index is 13.8. The summed E-state index contributed by atoms with van der Waals surface area (Å²) in [5.41, 5.74) is 2.54. The monoisotopic (exact) mass is 516 g/mol. The van der Waals surface area contributed by atoms with Crippen LogP contribution in [0.3, 0.4) is 0 Å². The number of amides is 2. The van der Waals surface area contributed by atoms with Crippen molar-refractivity contribution >= 4 is 40.5 Å². The van der Waals surface area contributed by atoms with Crippen LogP contribution in [-0.4, -0.2) is 69.4 Å². The van der Waals surface area contributed by atoms with Gasteiger partial charge in [0.05, 0.1) is 21.6 Å². The third-order valence-corrected chi connectivity index (χ3v) is 8.78. The Labute approximate surface area is 213 Å². The zero-order valence-electron chi connectivity index (χ0n) is 19.8. The molecule has 186 valence electrons. The van der Waals surface area contributed by atoms with Gasteiger partial charge in [0.25, 0.3) is 5.91 Å². The minimum atomic E-state index is -0.698. The molecular formula is C25H29ClN4O4S. The van der Waals surface area contributed by atoms with E-state index in [4.69, 9.17) is 16.3 Å². The Hall–Kier alpha value is -2.36. The zero-order chi connectivity index (χ0) is 24.7. The van der Waals surface area contributed by atoms with Gasteiger partial charge in [0, 0.05) is 17.0 Å². The van der Waals surface area contributed by atoms with Crippen molar-refractivity contribution in [1.29, 1.82) is 0 Å². The molecule has 2 aliphatic heterocycles. The topological polar surface area (TPSA) is 101 Å². The molecule has 3 aliphatic rings. The van der Waals surface area contributed by atoms with Gasteiger partial charge in [-0.25, -0.2) is 0 Å². The first-order valence-electron chi connectivity index (χ1n) is 12.1. The minimum absolute atomic E-state index is 0.0243. The van der Waals surface area contributed by atoms with Gasteiger partial charge >= 0.3 is 0 Å². The Morgan fingerprint density at radius 3 is 2.74 bits per heavy atom. The summed E-state index contributed by atoms with van der Waals surface area (Å²) in [6, 6.07) is 4.28. The summed E-state index contributed by atoms with van der Waals surface area (Å²) in [5.74, 6) is -0.614. The maximum Gasteiger partial charge on any atom is 0.262 e. The van der Waals surface area contributed by atoms with Gasteiger partial charge in [0.1, 0.15) is 24.8 Å². The number of fused-ring (bicyclic) bond motifs is 1. The number of nitrogens with one attached hydrogen (secondary N) is 1. The Balaban J connectivity index is 1.38. The third-order valence-electron chi connectivity index (χ3n) is 7.28. The summed E-state index contributed by atoms with van der Waals surface area (Å²) in [6.45, 7) is 3.99. The van der Waals surface area contributed by atoms with E-state index in [1.165, 1.54) is 11.3 Å². The van der Waals surface area contributed by atoms with Crippen LogP contribution in [0, 0.1) is 19.8 Å². The van der Waals surface area contributed by atoms with Gasteiger partial charge in [-0.05, 0) is 50.8 Å². The second-order valence-electron chi connectivity index (χ2n) is 9.69. The van der Waals surface area contributed by atoms with Crippen molar-refractivity contribution < 1.29 is 19.1 Å². The fourth-order valence-corrected chi connectivity index (χ4v) is 6.80. The number of thiophene rings is 1. The SMILES string of the molecule is Cc1cc(-c2ccc(C(=O)NC(C(=O)N3C[C@H](Cl)[C@H]4OCC(=O)[C@H]43)C3CCCCC3)s2)c(C)nn1. The average molecular weight is 517 g/mol. The van der Waals surface area contributed by atoms with Gasteiger partial charge in [-0.1, -0.05) is 19.3 Å². The molecular weight excluding hydrogens is 488 g/mol. The number of rotatable bonds is 5. The summed E-state index contributed by atoms with van der Waals surface area (Å²) in [7, 11) is 0. The molecule has 5 rings (SSSR count). The number of hydrogen-bond acceptors (Lipinski definition) is 7. The van der Waals surface area contributed by atoms with Crippen molar-refractivity contribution in [1.82, 2.24) is 20.4 Å². The fraction of sp³-hybridized carbons (Fsp3) is 0.560. The summed E-state index contributed by atoms with van der Waals surface area (Å²) < 4.78 is 5.55. The number of likely N-dealkylation sites (tertiary alicyclic amines) is 1. The number of ether oxygens (including phenoxy) is 1. The van der Waals surface area contributed by atoms with E-state index in [9.17, 15) is 14.4 Å². The van der Waals surface area contributed by atoms with E-state index in [0.717, 1.165) is 53.9 Å². The number of aryl methyl sites for hydroxylation is 2. The quantitative estimate of drug-likeness (QED) is 0.612.